The topological polar surface area (TPSA) is 44.3 Å². The van der Waals surface area contributed by atoms with Gasteiger partial charge in [-0.15, -0.1) is 0 Å². The third-order valence-electron chi connectivity index (χ3n) is 5.44. The molecule has 0 radical (unpaired) electrons. The van der Waals surface area contributed by atoms with Gasteiger partial charge in [0.05, 0.1) is 5.69 Å². The molecule has 1 aliphatic rings. The molecule has 0 unspecified atom stereocenters. The lowest BCUT2D eigenvalue weighted by Gasteiger charge is -2.37. The molecule has 1 N–H and O–H groups in total. The first kappa shape index (κ1) is 22.4. The van der Waals surface area contributed by atoms with Crippen molar-refractivity contribution in [2.75, 3.05) is 42.2 Å². The molecule has 1 aromatic heterocycles. The van der Waals surface area contributed by atoms with E-state index in [1.54, 1.807) is 24.4 Å². The Labute approximate surface area is 189 Å². The standard InChI is InChI=1S/C23H24F3N5S/c1-32-23-28-15-17(14-27-13-16-5-4-7-19(25)21(16)26)22(29-23)31-11-9-30(10-12-31)20-8-3-2-6-18(20)24/h2-8,15,27H,9-14H2,1H3. The minimum Gasteiger partial charge on any atom is -0.366 e. The number of anilines is 2. The molecule has 1 fully saturated rings. The number of aromatic nitrogens is 2. The quantitative estimate of drug-likeness (QED) is 0.421. The average Bonchev–Trinajstić information content (AvgIpc) is 2.82. The van der Waals surface area contributed by atoms with Crippen LogP contribution in [0.25, 0.3) is 0 Å². The molecule has 32 heavy (non-hydrogen) atoms. The Kier molecular flexibility index (Phi) is 7.16. The van der Waals surface area contributed by atoms with Crippen LogP contribution in [-0.4, -0.2) is 42.4 Å². The Hall–Kier alpha value is -2.78. The summed E-state index contributed by atoms with van der Waals surface area (Å²) < 4.78 is 41.5. The molecular formula is C23H24F3N5S. The highest BCUT2D eigenvalue weighted by molar-refractivity contribution is 7.98. The van der Waals surface area contributed by atoms with Gasteiger partial charge in [0.2, 0.25) is 0 Å². The highest BCUT2D eigenvalue weighted by atomic mass is 32.2. The Morgan fingerprint density at radius 1 is 0.875 bits per heavy atom. The molecule has 0 atom stereocenters. The molecule has 5 nitrogen and oxygen atoms in total. The molecule has 4 rings (SSSR count). The van der Waals surface area contributed by atoms with Crippen molar-refractivity contribution in [3.63, 3.8) is 0 Å². The van der Waals surface area contributed by atoms with Crippen molar-refractivity contribution in [3.8, 4) is 0 Å². The molecule has 0 aliphatic carbocycles. The maximum absolute atomic E-state index is 14.2. The highest BCUT2D eigenvalue weighted by Gasteiger charge is 2.22. The molecule has 0 spiro atoms. The van der Waals surface area contributed by atoms with Crippen LogP contribution < -0.4 is 15.1 Å². The van der Waals surface area contributed by atoms with Gasteiger partial charge in [0.1, 0.15) is 11.6 Å². The van der Waals surface area contributed by atoms with Crippen LogP contribution in [-0.2, 0) is 13.1 Å². The largest absolute Gasteiger partial charge is 0.366 e. The van der Waals surface area contributed by atoms with Gasteiger partial charge in [0.15, 0.2) is 16.8 Å². The van der Waals surface area contributed by atoms with Gasteiger partial charge >= 0.3 is 0 Å². The normalized spacial score (nSPS) is 14.1. The van der Waals surface area contributed by atoms with Gasteiger partial charge in [-0.05, 0) is 24.5 Å². The molecule has 1 aliphatic heterocycles. The molecule has 0 bridgehead atoms. The number of piperazine rings is 1. The van der Waals surface area contributed by atoms with E-state index in [-0.39, 0.29) is 17.9 Å². The predicted octanol–water partition coefficient (Wildman–Crippen LogP) is 4.23. The number of thioether (sulfide) groups is 1. The summed E-state index contributed by atoms with van der Waals surface area (Å²) in [5.41, 5.74) is 1.75. The summed E-state index contributed by atoms with van der Waals surface area (Å²) in [5, 5.41) is 3.83. The summed E-state index contributed by atoms with van der Waals surface area (Å²) in [6.07, 6.45) is 3.69. The van der Waals surface area contributed by atoms with E-state index >= 15 is 0 Å². The first-order valence-corrected chi connectivity index (χ1v) is 11.6. The van der Waals surface area contributed by atoms with Gasteiger partial charge < -0.3 is 15.1 Å². The van der Waals surface area contributed by atoms with Crippen LogP contribution in [0.15, 0.2) is 53.8 Å². The van der Waals surface area contributed by atoms with Crippen LogP contribution >= 0.6 is 11.8 Å². The number of benzene rings is 2. The molecular weight excluding hydrogens is 435 g/mol. The van der Waals surface area contributed by atoms with Crippen molar-refractivity contribution in [1.29, 1.82) is 0 Å². The van der Waals surface area contributed by atoms with E-state index in [1.807, 2.05) is 17.2 Å². The SMILES string of the molecule is CSc1ncc(CNCc2cccc(F)c2F)c(N2CCN(c3ccccc3F)CC2)n1. The molecule has 3 aromatic rings. The summed E-state index contributed by atoms with van der Waals surface area (Å²) in [5.74, 6) is -1.10. The fourth-order valence-electron chi connectivity index (χ4n) is 3.76. The summed E-state index contributed by atoms with van der Waals surface area (Å²) in [4.78, 5) is 13.3. The minimum atomic E-state index is -0.856. The van der Waals surface area contributed by atoms with Crippen molar-refractivity contribution >= 4 is 23.3 Å². The second-order valence-corrected chi connectivity index (χ2v) is 8.22. The number of para-hydroxylation sites is 1. The lowest BCUT2D eigenvalue weighted by molar-refractivity contribution is 0.492. The first-order chi connectivity index (χ1) is 15.6. The zero-order valence-corrected chi connectivity index (χ0v) is 18.5. The molecule has 2 aromatic carbocycles. The van der Waals surface area contributed by atoms with Gasteiger partial charge in [0.25, 0.3) is 0 Å². The fourth-order valence-corrected chi connectivity index (χ4v) is 4.10. The van der Waals surface area contributed by atoms with Crippen LogP contribution in [0.4, 0.5) is 24.7 Å². The third kappa shape index (κ3) is 4.99. The summed E-state index contributed by atoms with van der Waals surface area (Å²) in [6, 6.07) is 10.9. The zero-order chi connectivity index (χ0) is 22.5. The van der Waals surface area contributed by atoms with Crippen LogP contribution in [0.2, 0.25) is 0 Å². The summed E-state index contributed by atoms with van der Waals surface area (Å²) in [6.45, 7) is 3.30. The van der Waals surface area contributed by atoms with Gasteiger partial charge in [-0.2, -0.15) is 0 Å². The Morgan fingerprint density at radius 3 is 2.31 bits per heavy atom. The summed E-state index contributed by atoms with van der Waals surface area (Å²) in [7, 11) is 0. The van der Waals surface area contributed by atoms with E-state index in [4.69, 9.17) is 4.98 Å². The van der Waals surface area contributed by atoms with Crippen LogP contribution in [0, 0.1) is 17.5 Å². The smallest absolute Gasteiger partial charge is 0.189 e. The predicted molar refractivity (Wildman–Crippen MR) is 122 cm³/mol. The molecule has 9 heteroatoms. The van der Waals surface area contributed by atoms with Gasteiger partial charge in [-0.3, -0.25) is 0 Å². The van der Waals surface area contributed by atoms with E-state index < -0.39 is 11.6 Å². The lowest BCUT2D eigenvalue weighted by atomic mass is 10.2. The first-order valence-electron chi connectivity index (χ1n) is 10.3. The Bertz CT molecular complexity index is 1070. The fraction of sp³-hybridized carbons (Fsp3) is 0.304. The van der Waals surface area contributed by atoms with Gasteiger partial charge in [0, 0.05) is 56.6 Å². The van der Waals surface area contributed by atoms with Crippen LogP contribution in [0.1, 0.15) is 11.1 Å². The average molecular weight is 460 g/mol. The number of hydrogen-bond acceptors (Lipinski definition) is 6. The molecule has 2 heterocycles. The number of hydrogen-bond donors (Lipinski definition) is 1. The highest BCUT2D eigenvalue weighted by Crippen LogP contribution is 2.25. The van der Waals surface area contributed by atoms with Crippen molar-refractivity contribution in [2.45, 2.75) is 18.2 Å². The summed E-state index contributed by atoms with van der Waals surface area (Å²) >= 11 is 1.46. The van der Waals surface area contributed by atoms with Gasteiger partial charge in [-0.1, -0.05) is 36.0 Å². The third-order valence-corrected chi connectivity index (χ3v) is 6.00. The lowest BCUT2D eigenvalue weighted by Crippen LogP contribution is -2.47. The monoisotopic (exact) mass is 459 g/mol. The minimum absolute atomic E-state index is 0.189. The Morgan fingerprint density at radius 2 is 1.56 bits per heavy atom. The zero-order valence-electron chi connectivity index (χ0n) is 17.7. The van der Waals surface area contributed by atoms with Gasteiger partial charge in [-0.25, -0.2) is 23.1 Å². The van der Waals surface area contributed by atoms with E-state index in [9.17, 15) is 13.2 Å². The van der Waals surface area contributed by atoms with Crippen molar-refractivity contribution in [1.82, 2.24) is 15.3 Å². The maximum atomic E-state index is 14.2. The number of nitrogens with zero attached hydrogens (tertiary/aromatic N) is 4. The van der Waals surface area contributed by atoms with E-state index in [2.05, 4.69) is 15.2 Å². The second kappa shape index (κ2) is 10.2. The van der Waals surface area contributed by atoms with Crippen molar-refractivity contribution in [3.05, 3.63) is 77.2 Å². The van der Waals surface area contributed by atoms with E-state index in [0.717, 1.165) is 17.4 Å². The second-order valence-electron chi connectivity index (χ2n) is 7.45. The van der Waals surface area contributed by atoms with Crippen LogP contribution in [0.3, 0.4) is 0 Å². The maximum Gasteiger partial charge on any atom is 0.189 e. The van der Waals surface area contributed by atoms with E-state index in [1.165, 1.54) is 23.9 Å². The molecule has 0 amide bonds. The number of halogens is 3. The molecule has 168 valence electrons. The number of nitrogens with one attached hydrogen (secondary N) is 1. The molecule has 1 saturated heterocycles. The van der Waals surface area contributed by atoms with Crippen molar-refractivity contribution < 1.29 is 13.2 Å². The van der Waals surface area contributed by atoms with Crippen molar-refractivity contribution in [2.24, 2.45) is 0 Å². The molecule has 0 saturated carbocycles. The van der Waals surface area contributed by atoms with Crippen LogP contribution in [0.5, 0.6) is 0 Å². The Balaban J connectivity index is 1.45. The van der Waals surface area contributed by atoms with E-state index in [0.29, 0.717) is 43.6 Å². The number of rotatable bonds is 7.